The quantitative estimate of drug-likeness (QED) is 0.946. The van der Waals surface area contributed by atoms with E-state index in [0.29, 0.717) is 0 Å². The smallest absolute Gasteiger partial charge is 0.0410 e. The Balaban J connectivity index is 2.14. The van der Waals surface area contributed by atoms with Crippen molar-refractivity contribution in [2.24, 2.45) is 5.73 Å². The molecule has 0 amide bonds. The summed E-state index contributed by atoms with van der Waals surface area (Å²) in [4.78, 5) is 8.30. The highest BCUT2D eigenvalue weighted by atomic mass is 79.9. The average molecular weight is 292 g/mol. The molecule has 2 rings (SSSR count). The van der Waals surface area contributed by atoms with E-state index < -0.39 is 0 Å². The second-order valence-electron chi connectivity index (χ2n) is 4.05. The second kappa shape index (κ2) is 5.38. The number of aryl methyl sites for hydroxylation is 1. The van der Waals surface area contributed by atoms with Gasteiger partial charge in [-0.15, -0.1) is 0 Å². The fourth-order valence-electron chi connectivity index (χ4n) is 1.74. The van der Waals surface area contributed by atoms with E-state index >= 15 is 0 Å². The number of hydrogen-bond donors (Lipinski definition) is 1. The van der Waals surface area contributed by atoms with Crippen molar-refractivity contribution in [3.63, 3.8) is 0 Å². The van der Waals surface area contributed by atoms with E-state index in [1.165, 1.54) is 0 Å². The van der Waals surface area contributed by atoms with Crippen molar-refractivity contribution < 1.29 is 0 Å². The molecule has 0 bridgehead atoms. The van der Waals surface area contributed by atoms with Crippen LogP contribution in [0.15, 0.2) is 41.3 Å². The predicted molar refractivity (Wildman–Crippen MR) is 71.5 cm³/mol. The van der Waals surface area contributed by atoms with Crippen LogP contribution in [0.3, 0.4) is 0 Å². The first-order valence-corrected chi connectivity index (χ1v) is 6.22. The molecule has 1 unspecified atom stereocenters. The average Bonchev–Trinajstić information content (AvgIpc) is 2.29. The van der Waals surface area contributed by atoms with Gasteiger partial charge in [0.25, 0.3) is 0 Å². The van der Waals surface area contributed by atoms with Gasteiger partial charge in [0.1, 0.15) is 0 Å². The number of aromatic nitrogens is 2. The van der Waals surface area contributed by atoms with Crippen molar-refractivity contribution in [2.75, 3.05) is 0 Å². The number of rotatable bonds is 3. The summed E-state index contributed by atoms with van der Waals surface area (Å²) < 4.78 is 0.980. The molecule has 88 valence electrons. The zero-order valence-corrected chi connectivity index (χ0v) is 11.2. The van der Waals surface area contributed by atoms with Crippen molar-refractivity contribution in [2.45, 2.75) is 19.4 Å². The first-order chi connectivity index (χ1) is 8.15. The molecule has 4 heteroatoms. The maximum atomic E-state index is 6.18. The molecule has 2 aromatic rings. The van der Waals surface area contributed by atoms with Crippen LogP contribution in [0.25, 0.3) is 0 Å². The minimum atomic E-state index is -0.0206. The van der Waals surface area contributed by atoms with Gasteiger partial charge in [-0.2, -0.15) is 0 Å². The summed E-state index contributed by atoms with van der Waals surface area (Å²) in [7, 11) is 0. The van der Waals surface area contributed by atoms with Crippen LogP contribution >= 0.6 is 15.9 Å². The predicted octanol–water partition coefficient (Wildman–Crippen LogP) is 2.79. The van der Waals surface area contributed by atoms with Gasteiger partial charge < -0.3 is 5.73 Å². The molecule has 0 aliphatic carbocycles. The van der Waals surface area contributed by atoms with Gasteiger partial charge >= 0.3 is 0 Å². The van der Waals surface area contributed by atoms with Crippen LogP contribution in [0.4, 0.5) is 0 Å². The Labute approximate surface area is 109 Å². The molecule has 0 fully saturated rings. The third kappa shape index (κ3) is 3.35. The number of nitrogens with two attached hydrogens (primary N) is 1. The Bertz CT molecular complexity index is 514. The van der Waals surface area contributed by atoms with E-state index in [0.717, 1.165) is 27.7 Å². The van der Waals surface area contributed by atoms with Gasteiger partial charge in [-0.25, -0.2) is 0 Å². The van der Waals surface area contributed by atoms with Crippen molar-refractivity contribution in [1.82, 2.24) is 9.97 Å². The lowest BCUT2D eigenvalue weighted by Crippen LogP contribution is -2.13. The van der Waals surface area contributed by atoms with Crippen LogP contribution < -0.4 is 5.73 Å². The van der Waals surface area contributed by atoms with Crippen molar-refractivity contribution >= 4 is 15.9 Å². The van der Waals surface area contributed by atoms with E-state index in [-0.39, 0.29) is 6.04 Å². The minimum absolute atomic E-state index is 0.0206. The lowest BCUT2D eigenvalue weighted by Gasteiger charge is -2.12. The van der Waals surface area contributed by atoms with E-state index in [1.807, 2.05) is 31.3 Å². The van der Waals surface area contributed by atoms with Gasteiger partial charge in [0.15, 0.2) is 0 Å². The van der Waals surface area contributed by atoms with E-state index in [9.17, 15) is 0 Å². The molecule has 0 aliphatic heterocycles. The highest BCUT2D eigenvalue weighted by Gasteiger charge is 2.08. The lowest BCUT2D eigenvalue weighted by molar-refractivity contribution is 0.716. The van der Waals surface area contributed by atoms with Gasteiger partial charge in [-0.3, -0.25) is 9.97 Å². The standard InChI is InChI=1S/C13H14BrN3/c1-9-4-11(2-3-17-9)13(15)6-10-5-12(14)8-16-7-10/h2-5,7-8,13H,6,15H2,1H3. The summed E-state index contributed by atoms with van der Waals surface area (Å²) in [6, 6.07) is 6.01. The summed E-state index contributed by atoms with van der Waals surface area (Å²) in [5.74, 6) is 0. The molecule has 2 N–H and O–H groups in total. The van der Waals surface area contributed by atoms with Gasteiger partial charge in [0, 0.05) is 34.8 Å². The molecule has 1 atom stereocenters. The van der Waals surface area contributed by atoms with Gasteiger partial charge in [0.2, 0.25) is 0 Å². The van der Waals surface area contributed by atoms with Crippen LogP contribution in [0.2, 0.25) is 0 Å². The molecule has 0 saturated heterocycles. The summed E-state index contributed by atoms with van der Waals surface area (Å²) >= 11 is 3.41. The highest BCUT2D eigenvalue weighted by molar-refractivity contribution is 9.10. The molecular formula is C13H14BrN3. The summed E-state index contributed by atoms with van der Waals surface area (Å²) in [5, 5.41) is 0. The Morgan fingerprint density at radius 3 is 2.88 bits per heavy atom. The Hall–Kier alpha value is -1.26. The van der Waals surface area contributed by atoms with Crippen LogP contribution in [-0.2, 0) is 6.42 Å². The number of nitrogens with zero attached hydrogens (tertiary/aromatic N) is 2. The molecule has 0 saturated carbocycles. The first kappa shape index (κ1) is 12.2. The van der Waals surface area contributed by atoms with Crippen molar-refractivity contribution in [1.29, 1.82) is 0 Å². The third-order valence-corrected chi connectivity index (χ3v) is 3.00. The van der Waals surface area contributed by atoms with Gasteiger partial charge in [0.05, 0.1) is 0 Å². The normalized spacial score (nSPS) is 12.4. The third-order valence-electron chi connectivity index (χ3n) is 2.57. The van der Waals surface area contributed by atoms with Crippen molar-refractivity contribution in [3.8, 4) is 0 Å². The SMILES string of the molecule is Cc1cc(C(N)Cc2cncc(Br)c2)ccn1. The van der Waals surface area contributed by atoms with E-state index in [4.69, 9.17) is 5.73 Å². The topological polar surface area (TPSA) is 51.8 Å². The van der Waals surface area contributed by atoms with Crippen molar-refractivity contribution in [3.05, 3.63) is 58.1 Å². The lowest BCUT2D eigenvalue weighted by atomic mass is 10.0. The Kier molecular flexibility index (Phi) is 3.86. The maximum absolute atomic E-state index is 6.18. The number of pyridine rings is 2. The summed E-state index contributed by atoms with van der Waals surface area (Å²) in [5.41, 5.74) is 9.40. The zero-order chi connectivity index (χ0) is 12.3. The van der Waals surface area contributed by atoms with E-state index in [2.05, 4.69) is 25.9 Å². The number of hydrogen-bond acceptors (Lipinski definition) is 3. The zero-order valence-electron chi connectivity index (χ0n) is 9.60. The molecule has 0 spiro atoms. The highest BCUT2D eigenvalue weighted by Crippen LogP contribution is 2.18. The molecule has 0 aromatic carbocycles. The van der Waals surface area contributed by atoms with E-state index in [1.54, 1.807) is 12.4 Å². The Morgan fingerprint density at radius 1 is 1.35 bits per heavy atom. The van der Waals surface area contributed by atoms with Crippen LogP contribution in [0.1, 0.15) is 22.9 Å². The van der Waals surface area contributed by atoms with Crippen LogP contribution in [0, 0.1) is 6.92 Å². The maximum Gasteiger partial charge on any atom is 0.0410 e. The first-order valence-electron chi connectivity index (χ1n) is 5.43. The van der Waals surface area contributed by atoms with Gasteiger partial charge in [-0.05, 0) is 58.6 Å². The summed E-state index contributed by atoms with van der Waals surface area (Å²) in [6.07, 6.45) is 6.18. The summed E-state index contributed by atoms with van der Waals surface area (Å²) in [6.45, 7) is 1.97. The monoisotopic (exact) mass is 291 g/mol. The minimum Gasteiger partial charge on any atom is -0.324 e. The molecule has 0 radical (unpaired) electrons. The van der Waals surface area contributed by atoms with Crippen LogP contribution in [0.5, 0.6) is 0 Å². The van der Waals surface area contributed by atoms with Crippen LogP contribution in [-0.4, -0.2) is 9.97 Å². The largest absolute Gasteiger partial charge is 0.324 e. The fourth-order valence-corrected chi connectivity index (χ4v) is 2.15. The Morgan fingerprint density at radius 2 is 2.18 bits per heavy atom. The second-order valence-corrected chi connectivity index (χ2v) is 4.97. The molecule has 0 aliphatic rings. The molecule has 2 heterocycles. The fraction of sp³-hybridized carbons (Fsp3) is 0.231. The molecule has 2 aromatic heterocycles. The molecule has 3 nitrogen and oxygen atoms in total. The van der Waals surface area contributed by atoms with Gasteiger partial charge in [-0.1, -0.05) is 0 Å². The molecular weight excluding hydrogens is 278 g/mol. The number of halogens is 1. The molecule has 17 heavy (non-hydrogen) atoms.